The quantitative estimate of drug-likeness (QED) is 0.797. The molecule has 0 aliphatic carbocycles. The third kappa shape index (κ3) is 2.37. The molecule has 0 N–H and O–H groups in total. The standard InChI is InChI=1S/C17H16N2O/c1-2-13-11-16(20)19(12-13)10-8-15-6-3-5-14-7-4-9-18-17(14)15/h1,3-7,9,13H,8,10-12H2. The molecule has 0 saturated carbocycles. The number of benzene rings is 1. The Hall–Kier alpha value is -2.34. The summed E-state index contributed by atoms with van der Waals surface area (Å²) >= 11 is 0. The number of amides is 1. The normalized spacial score (nSPS) is 18.4. The predicted octanol–water partition coefficient (Wildman–Crippen LogP) is 2.26. The number of aromatic nitrogens is 1. The summed E-state index contributed by atoms with van der Waals surface area (Å²) < 4.78 is 0. The molecule has 2 aromatic rings. The lowest BCUT2D eigenvalue weighted by Gasteiger charge is -2.16. The number of carbonyl (C=O) groups is 1. The molecule has 0 radical (unpaired) electrons. The molecule has 1 fully saturated rings. The summed E-state index contributed by atoms with van der Waals surface area (Å²) in [6.07, 6.45) is 8.52. The molecule has 1 saturated heterocycles. The van der Waals surface area contributed by atoms with Gasteiger partial charge in [-0.1, -0.05) is 24.3 Å². The van der Waals surface area contributed by atoms with E-state index in [0.29, 0.717) is 19.5 Å². The summed E-state index contributed by atoms with van der Waals surface area (Å²) in [5.74, 6) is 2.92. The van der Waals surface area contributed by atoms with Crippen molar-refractivity contribution in [1.82, 2.24) is 9.88 Å². The van der Waals surface area contributed by atoms with E-state index in [1.54, 1.807) is 6.20 Å². The van der Waals surface area contributed by atoms with E-state index in [9.17, 15) is 4.79 Å². The van der Waals surface area contributed by atoms with Crippen molar-refractivity contribution in [2.75, 3.05) is 13.1 Å². The van der Waals surface area contributed by atoms with Crippen LogP contribution in [0.2, 0.25) is 0 Å². The van der Waals surface area contributed by atoms with Crippen LogP contribution in [0.3, 0.4) is 0 Å². The monoisotopic (exact) mass is 264 g/mol. The second kappa shape index (κ2) is 5.34. The highest BCUT2D eigenvalue weighted by Gasteiger charge is 2.27. The molecule has 100 valence electrons. The molecule has 1 unspecified atom stereocenters. The number of likely N-dealkylation sites (tertiary alicyclic amines) is 1. The summed E-state index contributed by atoms with van der Waals surface area (Å²) in [7, 11) is 0. The molecule has 1 aliphatic heterocycles. The third-order valence-electron chi connectivity index (χ3n) is 3.82. The minimum atomic E-state index is 0.0770. The van der Waals surface area contributed by atoms with E-state index in [4.69, 9.17) is 6.42 Å². The van der Waals surface area contributed by atoms with Crippen LogP contribution >= 0.6 is 0 Å². The average Bonchev–Trinajstić information content (AvgIpc) is 2.85. The molecule has 2 heterocycles. The summed E-state index contributed by atoms with van der Waals surface area (Å²) in [5.41, 5.74) is 2.20. The zero-order chi connectivity index (χ0) is 13.9. The van der Waals surface area contributed by atoms with Gasteiger partial charge >= 0.3 is 0 Å². The smallest absolute Gasteiger partial charge is 0.223 e. The number of nitrogens with zero attached hydrogens (tertiary/aromatic N) is 2. The second-order valence-corrected chi connectivity index (χ2v) is 5.15. The number of rotatable bonds is 3. The fraction of sp³-hybridized carbons (Fsp3) is 0.294. The van der Waals surface area contributed by atoms with E-state index < -0.39 is 0 Å². The van der Waals surface area contributed by atoms with Gasteiger partial charge in [-0.05, 0) is 18.1 Å². The van der Waals surface area contributed by atoms with Gasteiger partial charge in [0.2, 0.25) is 5.91 Å². The van der Waals surface area contributed by atoms with Crippen molar-refractivity contribution < 1.29 is 4.79 Å². The van der Waals surface area contributed by atoms with Crippen LogP contribution in [0.1, 0.15) is 12.0 Å². The topological polar surface area (TPSA) is 33.2 Å². The Bertz CT molecular complexity index is 681. The molecule has 1 aromatic carbocycles. The van der Waals surface area contributed by atoms with E-state index in [1.165, 1.54) is 5.56 Å². The fourth-order valence-electron chi connectivity index (χ4n) is 2.72. The first-order valence-electron chi connectivity index (χ1n) is 6.84. The zero-order valence-corrected chi connectivity index (χ0v) is 11.2. The number of hydrogen-bond acceptors (Lipinski definition) is 2. The van der Waals surface area contributed by atoms with Gasteiger partial charge in [0.25, 0.3) is 0 Å². The minimum absolute atomic E-state index is 0.0770. The Labute approximate surface area is 118 Å². The van der Waals surface area contributed by atoms with Crippen LogP contribution in [0.5, 0.6) is 0 Å². The van der Waals surface area contributed by atoms with E-state index in [-0.39, 0.29) is 11.8 Å². The van der Waals surface area contributed by atoms with Gasteiger partial charge in [-0.3, -0.25) is 9.78 Å². The van der Waals surface area contributed by atoms with Crippen molar-refractivity contribution in [3.05, 3.63) is 42.1 Å². The average molecular weight is 264 g/mol. The van der Waals surface area contributed by atoms with Crippen molar-refractivity contribution in [3.8, 4) is 12.3 Å². The van der Waals surface area contributed by atoms with Crippen LogP contribution in [-0.4, -0.2) is 28.9 Å². The third-order valence-corrected chi connectivity index (χ3v) is 3.82. The van der Waals surface area contributed by atoms with Crippen LogP contribution < -0.4 is 0 Å². The number of fused-ring (bicyclic) bond motifs is 1. The van der Waals surface area contributed by atoms with Gasteiger partial charge in [-0.15, -0.1) is 12.3 Å². The number of terminal acetylenes is 1. The maximum absolute atomic E-state index is 11.8. The zero-order valence-electron chi connectivity index (χ0n) is 11.2. The van der Waals surface area contributed by atoms with Gasteiger partial charge in [0.1, 0.15) is 0 Å². The van der Waals surface area contributed by atoms with Crippen molar-refractivity contribution in [2.24, 2.45) is 5.92 Å². The van der Waals surface area contributed by atoms with Gasteiger partial charge in [0.05, 0.1) is 5.52 Å². The summed E-state index contributed by atoms with van der Waals surface area (Å²) in [6, 6.07) is 10.2. The highest BCUT2D eigenvalue weighted by atomic mass is 16.2. The van der Waals surface area contributed by atoms with Gasteiger partial charge in [-0.2, -0.15) is 0 Å². The lowest BCUT2D eigenvalue weighted by atomic mass is 10.1. The van der Waals surface area contributed by atoms with Crippen LogP contribution in [0.4, 0.5) is 0 Å². The molecule has 3 rings (SSSR count). The number of hydrogen-bond donors (Lipinski definition) is 0. The SMILES string of the molecule is C#CC1CC(=O)N(CCc2cccc3cccnc23)C1. The molecular formula is C17H16N2O. The van der Waals surface area contributed by atoms with E-state index in [2.05, 4.69) is 29.1 Å². The Kier molecular flexibility index (Phi) is 3.39. The second-order valence-electron chi connectivity index (χ2n) is 5.15. The molecule has 1 amide bonds. The van der Waals surface area contributed by atoms with Crippen LogP contribution in [0.25, 0.3) is 10.9 Å². The summed E-state index contributed by atoms with van der Waals surface area (Å²) in [5, 5.41) is 1.14. The molecule has 20 heavy (non-hydrogen) atoms. The van der Waals surface area contributed by atoms with Crippen LogP contribution in [-0.2, 0) is 11.2 Å². The maximum atomic E-state index is 11.8. The minimum Gasteiger partial charge on any atom is -0.341 e. The molecule has 0 bridgehead atoms. The Balaban J connectivity index is 1.75. The molecule has 1 aromatic heterocycles. The number of para-hydroxylation sites is 1. The molecule has 1 atom stereocenters. The number of pyridine rings is 1. The Morgan fingerprint density at radius 3 is 3.00 bits per heavy atom. The van der Waals surface area contributed by atoms with E-state index in [0.717, 1.165) is 17.3 Å². The highest BCUT2D eigenvalue weighted by Crippen LogP contribution is 2.20. The van der Waals surface area contributed by atoms with Crippen molar-refractivity contribution in [2.45, 2.75) is 12.8 Å². The first-order valence-corrected chi connectivity index (χ1v) is 6.84. The molecule has 3 heteroatoms. The highest BCUT2D eigenvalue weighted by molar-refractivity contribution is 5.82. The van der Waals surface area contributed by atoms with Gasteiger partial charge in [0, 0.05) is 37.0 Å². The Morgan fingerprint density at radius 1 is 1.35 bits per heavy atom. The van der Waals surface area contributed by atoms with Gasteiger partial charge < -0.3 is 4.90 Å². The van der Waals surface area contributed by atoms with Crippen molar-refractivity contribution >= 4 is 16.8 Å². The Morgan fingerprint density at radius 2 is 2.20 bits per heavy atom. The molecule has 1 aliphatic rings. The summed E-state index contributed by atoms with van der Waals surface area (Å²) in [6.45, 7) is 1.40. The number of carbonyl (C=O) groups excluding carboxylic acids is 1. The van der Waals surface area contributed by atoms with Crippen molar-refractivity contribution in [3.63, 3.8) is 0 Å². The summed E-state index contributed by atoms with van der Waals surface area (Å²) in [4.78, 5) is 18.2. The first kappa shape index (κ1) is 12.7. The first-order chi connectivity index (χ1) is 9.78. The van der Waals surface area contributed by atoms with Gasteiger partial charge in [-0.25, -0.2) is 0 Å². The predicted molar refractivity (Wildman–Crippen MR) is 79.0 cm³/mol. The van der Waals surface area contributed by atoms with Crippen molar-refractivity contribution in [1.29, 1.82) is 0 Å². The largest absolute Gasteiger partial charge is 0.341 e. The van der Waals surface area contributed by atoms with E-state index >= 15 is 0 Å². The molecule has 0 spiro atoms. The van der Waals surface area contributed by atoms with Crippen LogP contribution in [0, 0.1) is 18.3 Å². The lowest BCUT2D eigenvalue weighted by molar-refractivity contribution is -0.127. The van der Waals surface area contributed by atoms with Crippen LogP contribution in [0.15, 0.2) is 36.5 Å². The molecular weight excluding hydrogens is 248 g/mol. The molecule has 3 nitrogen and oxygen atoms in total. The lowest BCUT2D eigenvalue weighted by Crippen LogP contribution is -2.27. The fourth-order valence-corrected chi connectivity index (χ4v) is 2.72. The maximum Gasteiger partial charge on any atom is 0.223 e. The van der Waals surface area contributed by atoms with Gasteiger partial charge in [0.15, 0.2) is 0 Å². The van der Waals surface area contributed by atoms with E-state index in [1.807, 2.05) is 17.0 Å².